The number of nitrogens with one attached hydrogen (secondary N) is 2. The molecule has 2 unspecified atom stereocenters. The summed E-state index contributed by atoms with van der Waals surface area (Å²) in [6.45, 7) is 4.99. The maximum atomic E-state index is 15.5. The molecule has 12 heteroatoms. The zero-order chi connectivity index (χ0) is 33.7. The molecule has 4 aromatic rings. The van der Waals surface area contributed by atoms with E-state index in [2.05, 4.69) is 20.3 Å². The monoisotopic (exact) mass is 653 g/mol. The molecular weight excluding hydrogens is 610 g/mol. The van der Waals surface area contributed by atoms with E-state index in [0.29, 0.717) is 71.1 Å². The number of fused-ring (bicyclic) bond motifs is 1. The number of H-pyrrole nitrogens is 1. The van der Waals surface area contributed by atoms with Gasteiger partial charge in [-0.1, -0.05) is 19.4 Å². The molecule has 2 aromatic heterocycles. The van der Waals surface area contributed by atoms with Crippen molar-refractivity contribution < 1.29 is 17.6 Å². The summed E-state index contributed by atoms with van der Waals surface area (Å²) < 4.78 is 58.3. The molecule has 0 saturated heterocycles. The van der Waals surface area contributed by atoms with Crippen LogP contribution in [0.5, 0.6) is 0 Å². The number of aliphatic imine (C=N–C) groups is 1. The minimum atomic E-state index is -4.52. The van der Waals surface area contributed by atoms with E-state index in [4.69, 9.17) is 11.5 Å². The number of benzene rings is 2. The number of nitrogens with zero attached hydrogens (tertiary/aromatic N) is 3. The second-order valence-corrected chi connectivity index (χ2v) is 12.6. The first kappa shape index (κ1) is 34.3. The molecule has 6 N–H and O–H groups in total. The zero-order valence-electron chi connectivity index (χ0n) is 26.8. The smallest absolute Gasteiger partial charge is 0.388 e. The topological polar surface area (TPSA) is 127 Å². The number of hydrogen-bond acceptors (Lipinski definition) is 5. The van der Waals surface area contributed by atoms with Gasteiger partial charge < -0.3 is 21.8 Å². The van der Waals surface area contributed by atoms with Crippen LogP contribution in [0.1, 0.15) is 81.5 Å². The molecule has 0 amide bonds. The minimum Gasteiger partial charge on any atom is -0.388 e. The van der Waals surface area contributed by atoms with Crippen molar-refractivity contribution in [2.75, 3.05) is 13.1 Å². The number of rotatable bonds is 15. The van der Waals surface area contributed by atoms with E-state index in [1.807, 2.05) is 6.92 Å². The van der Waals surface area contributed by atoms with Crippen molar-refractivity contribution in [3.63, 3.8) is 0 Å². The molecule has 5 rings (SSSR count). The van der Waals surface area contributed by atoms with Crippen molar-refractivity contribution in [2.24, 2.45) is 22.4 Å². The summed E-state index contributed by atoms with van der Waals surface area (Å²) in [7, 11) is 0. The van der Waals surface area contributed by atoms with E-state index < -0.39 is 23.2 Å². The molecule has 0 spiro atoms. The molecule has 8 nitrogen and oxygen atoms in total. The van der Waals surface area contributed by atoms with E-state index in [0.717, 1.165) is 44.6 Å². The highest BCUT2D eigenvalue weighted by Gasteiger charge is 2.32. The first-order valence-electron chi connectivity index (χ1n) is 16.3. The molecule has 2 aromatic carbocycles. The third kappa shape index (κ3) is 8.86. The molecule has 47 heavy (non-hydrogen) atoms. The van der Waals surface area contributed by atoms with E-state index in [9.17, 15) is 18.0 Å². The van der Waals surface area contributed by atoms with Gasteiger partial charge in [0.05, 0.1) is 17.1 Å². The van der Waals surface area contributed by atoms with Crippen LogP contribution in [0.25, 0.3) is 28.0 Å². The van der Waals surface area contributed by atoms with Gasteiger partial charge in [-0.05, 0) is 112 Å². The van der Waals surface area contributed by atoms with E-state index in [-0.39, 0.29) is 17.7 Å². The third-order valence-corrected chi connectivity index (χ3v) is 8.67. The van der Waals surface area contributed by atoms with Crippen molar-refractivity contribution in [3.8, 4) is 16.9 Å². The summed E-state index contributed by atoms with van der Waals surface area (Å²) >= 11 is 0. The molecular formula is C35H43F4N7O. The Kier molecular flexibility index (Phi) is 10.8. The summed E-state index contributed by atoms with van der Waals surface area (Å²) in [5.74, 6) is 0.600. The summed E-state index contributed by atoms with van der Waals surface area (Å²) in [5.41, 5.74) is 12.7. The van der Waals surface area contributed by atoms with Gasteiger partial charge in [-0.2, -0.15) is 18.2 Å². The van der Waals surface area contributed by atoms with Gasteiger partial charge in [0.15, 0.2) is 0 Å². The minimum absolute atomic E-state index is 0.0868. The summed E-state index contributed by atoms with van der Waals surface area (Å²) in [6, 6.07) is 10.2. The average molecular weight is 654 g/mol. The molecule has 1 aliphatic carbocycles. The van der Waals surface area contributed by atoms with Crippen molar-refractivity contribution >= 4 is 16.9 Å². The van der Waals surface area contributed by atoms with Crippen LogP contribution in [0, 0.1) is 11.7 Å². The standard InChI is InChI=1S/C35H43F4N7O/c1-3-6-31(43-14-5-13-42-21(2)40)28-12-11-27(19-29(28)36)46-20-25-18-32(44-33(25)45-34(46)47)24-15-22(16-26(17-24)35(37,38)39)7-4-8-30(41)23-9-10-23/h11-12,15-20,23,30-31,43H,3-10,13-14,41H2,1-2H3,(H2,40,42)(H,44,45,47). The fourth-order valence-corrected chi connectivity index (χ4v) is 6.01. The Morgan fingerprint density at radius 1 is 1.15 bits per heavy atom. The first-order valence-corrected chi connectivity index (χ1v) is 16.3. The van der Waals surface area contributed by atoms with Crippen LogP contribution in [-0.4, -0.2) is 39.5 Å². The van der Waals surface area contributed by atoms with Gasteiger partial charge in [-0.15, -0.1) is 0 Å². The van der Waals surface area contributed by atoms with Crippen LogP contribution >= 0.6 is 0 Å². The maximum absolute atomic E-state index is 15.5. The lowest BCUT2D eigenvalue weighted by Crippen LogP contribution is -2.25. The van der Waals surface area contributed by atoms with Crippen molar-refractivity contribution in [1.29, 1.82) is 0 Å². The Balaban J connectivity index is 1.38. The SMILES string of the molecule is CCCC(NCCCN=C(C)N)c1ccc(-n2cc3cc(-c4cc(CCCC(N)C5CC5)cc(C(F)(F)F)c4)[nH]c3nc2=O)cc1F. The second-order valence-electron chi connectivity index (χ2n) is 12.6. The lowest BCUT2D eigenvalue weighted by molar-refractivity contribution is -0.137. The van der Waals surface area contributed by atoms with E-state index in [1.54, 1.807) is 31.2 Å². The van der Waals surface area contributed by atoms with Crippen LogP contribution in [0.4, 0.5) is 17.6 Å². The molecule has 1 fully saturated rings. The Labute approximate surface area is 271 Å². The van der Waals surface area contributed by atoms with Crippen molar-refractivity contribution in [1.82, 2.24) is 19.9 Å². The van der Waals surface area contributed by atoms with Crippen molar-refractivity contribution in [2.45, 2.75) is 83.5 Å². The fraction of sp³-hybridized carbons (Fsp3) is 0.457. The predicted octanol–water partition coefficient (Wildman–Crippen LogP) is 6.80. The molecule has 1 saturated carbocycles. The van der Waals surface area contributed by atoms with Gasteiger partial charge in [0, 0.05) is 41.5 Å². The number of amidine groups is 1. The molecule has 1 aliphatic rings. The van der Waals surface area contributed by atoms with E-state index >= 15 is 4.39 Å². The van der Waals surface area contributed by atoms with Gasteiger partial charge in [-0.25, -0.2) is 9.18 Å². The third-order valence-electron chi connectivity index (χ3n) is 8.67. The molecule has 2 heterocycles. The van der Waals surface area contributed by atoms with Crippen molar-refractivity contribution in [3.05, 3.63) is 81.7 Å². The van der Waals surface area contributed by atoms with Crippen LogP contribution in [0.2, 0.25) is 0 Å². The Hall–Kier alpha value is -4.03. The number of halogens is 4. The zero-order valence-corrected chi connectivity index (χ0v) is 26.8. The lowest BCUT2D eigenvalue weighted by atomic mass is 9.98. The highest BCUT2D eigenvalue weighted by molar-refractivity contribution is 5.83. The average Bonchev–Trinajstić information content (AvgIpc) is 3.79. The highest BCUT2D eigenvalue weighted by Crippen LogP contribution is 2.36. The highest BCUT2D eigenvalue weighted by atomic mass is 19.4. The largest absolute Gasteiger partial charge is 0.416 e. The van der Waals surface area contributed by atoms with Crippen LogP contribution in [0.3, 0.4) is 0 Å². The fourth-order valence-electron chi connectivity index (χ4n) is 6.01. The van der Waals surface area contributed by atoms with Gasteiger partial charge in [0.1, 0.15) is 11.5 Å². The number of hydrogen-bond donors (Lipinski definition) is 4. The molecule has 0 aliphatic heterocycles. The van der Waals surface area contributed by atoms with Gasteiger partial charge in [0.2, 0.25) is 0 Å². The van der Waals surface area contributed by atoms with Gasteiger partial charge in [0.25, 0.3) is 0 Å². The summed E-state index contributed by atoms with van der Waals surface area (Å²) in [6.07, 6.45) is 3.50. The number of nitrogens with two attached hydrogens (primary N) is 2. The quantitative estimate of drug-likeness (QED) is 0.0486. The Morgan fingerprint density at radius 3 is 2.62 bits per heavy atom. The van der Waals surface area contributed by atoms with Crippen LogP contribution in [0.15, 0.2) is 58.4 Å². The Bertz CT molecular complexity index is 1770. The number of alkyl halides is 3. The number of aromatic nitrogens is 3. The van der Waals surface area contributed by atoms with Crippen LogP contribution in [-0.2, 0) is 12.6 Å². The summed E-state index contributed by atoms with van der Waals surface area (Å²) in [5, 5.41) is 3.89. The lowest BCUT2D eigenvalue weighted by Gasteiger charge is -2.20. The van der Waals surface area contributed by atoms with Crippen LogP contribution < -0.4 is 22.5 Å². The summed E-state index contributed by atoms with van der Waals surface area (Å²) in [4.78, 5) is 24.4. The Morgan fingerprint density at radius 2 is 1.94 bits per heavy atom. The number of aromatic amines is 1. The molecule has 0 bridgehead atoms. The van der Waals surface area contributed by atoms with E-state index in [1.165, 1.54) is 22.9 Å². The molecule has 2 atom stereocenters. The predicted molar refractivity (Wildman–Crippen MR) is 178 cm³/mol. The second kappa shape index (κ2) is 14.8. The number of aryl methyl sites for hydroxylation is 1. The van der Waals surface area contributed by atoms with Gasteiger partial charge >= 0.3 is 11.9 Å². The normalized spacial score (nSPS) is 15.3. The van der Waals surface area contributed by atoms with Gasteiger partial charge in [-0.3, -0.25) is 9.56 Å². The first-order chi connectivity index (χ1) is 22.4. The molecule has 252 valence electrons. The molecule has 0 radical (unpaired) electrons. The maximum Gasteiger partial charge on any atom is 0.416 e.